The maximum atomic E-state index is 12.8. The van der Waals surface area contributed by atoms with Gasteiger partial charge in [-0.05, 0) is 43.2 Å². The van der Waals surface area contributed by atoms with Gasteiger partial charge in [-0.25, -0.2) is 0 Å². The lowest BCUT2D eigenvalue weighted by atomic mass is 10.1. The third kappa shape index (κ3) is 4.67. The minimum absolute atomic E-state index is 0.0105. The fourth-order valence-corrected chi connectivity index (χ4v) is 3.32. The third-order valence-corrected chi connectivity index (χ3v) is 4.84. The van der Waals surface area contributed by atoms with Crippen LogP contribution < -0.4 is 4.74 Å². The van der Waals surface area contributed by atoms with Gasteiger partial charge < -0.3 is 14.5 Å². The number of benzene rings is 2. The first kappa shape index (κ1) is 19.0. The van der Waals surface area contributed by atoms with Crippen LogP contribution in [0.1, 0.15) is 28.4 Å². The summed E-state index contributed by atoms with van der Waals surface area (Å²) in [6, 6.07) is 15.3. The fraction of sp³-hybridized carbons (Fsp3) is 0.364. The molecule has 142 valence electrons. The molecule has 2 amide bonds. The van der Waals surface area contributed by atoms with Gasteiger partial charge in [0.15, 0.2) is 0 Å². The molecule has 0 bridgehead atoms. The maximum absolute atomic E-state index is 12.8. The van der Waals surface area contributed by atoms with E-state index in [1.54, 1.807) is 0 Å². The zero-order valence-corrected chi connectivity index (χ0v) is 16.0. The molecule has 1 fully saturated rings. The van der Waals surface area contributed by atoms with E-state index in [0.717, 1.165) is 16.9 Å². The first-order valence-electron chi connectivity index (χ1n) is 9.43. The van der Waals surface area contributed by atoms with E-state index in [-0.39, 0.29) is 11.8 Å². The standard InChI is InChI=1S/C22H26N2O3/c1-3-27-20-10-9-19(15-17(20)2)22(26)24-13-11-23(12-14-24)21(25)16-18-7-5-4-6-8-18/h4-10,15H,3,11-14,16H2,1-2H3. The highest BCUT2D eigenvalue weighted by molar-refractivity contribution is 5.94. The molecule has 0 aliphatic carbocycles. The van der Waals surface area contributed by atoms with Crippen LogP contribution in [0.25, 0.3) is 0 Å². The van der Waals surface area contributed by atoms with E-state index >= 15 is 0 Å². The molecule has 3 rings (SSSR count). The summed E-state index contributed by atoms with van der Waals surface area (Å²) < 4.78 is 5.54. The Morgan fingerprint density at radius 1 is 0.963 bits per heavy atom. The molecule has 1 heterocycles. The van der Waals surface area contributed by atoms with Crippen molar-refractivity contribution >= 4 is 11.8 Å². The molecule has 0 radical (unpaired) electrons. The SMILES string of the molecule is CCOc1ccc(C(=O)N2CCN(C(=O)Cc3ccccc3)CC2)cc1C. The van der Waals surface area contributed by atoms with E-state index in [1.807, 2.05) is 72.2 Å². The van der Waals surface area contributed by atoms with Crippen LogP contribution in [-0.2, 0) is 11.2 Å². The van der Waals surface area contributed by atoms with Crippen molar-refractivity contribution in [2.24, 2.45) is 0 Å². The van der Waals surface area contributed by atoms with Crippen molar-refractivity contribution in [2.75, 3.05) is 32.8 Å². The summed E-state index contributed by atoms with van der Waals surface area (Å²) in [5, 5.41) is 0. The molecule has 27 heavy (non-hydrogen) atoms. The first-order valence-corrected chi connectivity index (χ1v) is 9.43. The lowest BCUT2D eigenvalue weighted by Crippen LogP contribution is -2.51. The van der Waals surface area contributed by atoms with Gasteiger partial charge in [0.1, 0.15) is 5.75 Å². The molecule has 2 aromatic rings. The highest BCUT2D eigenvalue weighted by atomic mass is 16.5. The monoisotopic (exact) mass is 366 g/mol. The van der Waals surface area contributed by atoms with Crippen molar-refractivity contribution in [3.63, 3.8) is 0 Å². The fourth-order valence-electron chi connectivity index (χ4n) is 3.32. The van der Waals surface area contributed by atoms with Gasteiger partial charge in [0, 0.05) is 31.7 Å². The zero-order valence-electron chi connectivity index (χ0n) is 16.0. The number of hydrogen-bond acceptors (Lipinski definition) is 3. The van der Waals surface area contributed by atoms with Gasteiger partial charge in [-0.1, -0.05) is 30.3 Å². The van der Waals surface area contributed by atoms with Gasteiger partial charge in [0.05, 0.1) is 13.0 Å². The summed E-state index contributed by atoms with van der Waals surface area (Å²) in [6.45, 7) is 6.77. The average Bonchev–Trinajstić information content (AvgIpc) is 2.70. The number of hydrogen-bond donors (Lipinski definition) is 0. The molecule has 1 saturated heterocycles. The Balaban J connectivity index is 1.56. The molecule has 5 heteroatoms. The summed E-state index contributed by atoms with van der Waals surface area (Å²) in [5.41, 5.74) is 2.64. The van der Waals surface area contributed by atoms with Crippen LogP contribution in [0.3, 0.4) is 0 Å². The summed E-state index contributed by atoms with van der Waals surface area (Å²) in [4.78, 5) is 28.9. The number of amides is 2. The van der Waals surface area contributed by atoms with Gasteiger partial charge in [-0.2, -0.15) is 0 Å². The first-order chi connectivity index (χ1) is 13.1. The third-order valence-electron chi connectivity index (χ3n) is 4.84. The number of rotatable bonds is 5. The minimum atomic E-state index is 0.0105. The van der Waals surface area contributed by atoms with Gasteiger partial charge in [0.25, 0.3) is 5.91 Å². The Labute approximate surface area is 160 Å². The van der Waals surface area contributed by atoms with Crippen LogP contribution in [0.2, 0.25) is 0 Å². The van der Waals surface area contributed by atoms with Crippen molar-refractivity contribution < 1.29 is 14.3 Å². The lowest BCUT2D eigenvalue weighted by molar-refractivity contribution is -0.131. The molecule has 0 aromatic heterocycles. The quantitative estimate of drug-likeness (QED) is 0.818. The maximum Gasteiger partial charge on any atom is 0.253 e. The van der Waals surface area contributed by atoms with Crippen LogP contribution in [0, 0.1) is 6.92 Å². The number of nitrogens with zero attached hydrogens (tertiary/aromatic N) is 2. The van der Waals surface area contributed by atoms with Gasteiger partial charge in [-0.3, -0.25) is 9.59 Å². The van der Waals surface area contributed by atoms with Crippen LogP contribution in [0.15, 0.2) is 48.5 Å². The Morgan fingerprint density at radius 3 is 2.26 bits per heavy atom. The Morgan fingerprint density at radius 2 is 1.63 bits per heavy atom. The highest BCUT2D eigenvalue weighted by Crippen LogP contribution is 2.20. The minimum Gasteiger partial charge on any atom is -0.494 e. The van der Waals surface area contributed by atoms with Crippen LogP contribution >= 0.6 is 0 Å². The van der Waals surface area contributed by atoms with Crippen molar-refractivity contribution in [1.29, 1.82) is 0 Å². The second-order valence-electron chi connectivity index (χ2n) is 6.75. The number of carbonyl (C=O) groups excluding carboxylic acids is 2. The molecular formula is C22H26N2O3. The molecular weight excluding hydrogens is 340 g/mol. The molecule has 0 N–H and O–H groups in total. The predicted octanol–water partition coefficient (Wildman–Crippen LogP) is 2.92. The number of carbonyl (C=O) groups is 2. The number of piperazine rings is 1. The second kappa shape index (κ2) is 8.71. The van der Waals surface area contributed by atoms with Gasteiger partial charge >= 0.3 is 0 Å². The van der Waals surface area contributed by atoms with Crippen molar-refractivity contribution in [1.82, 2.24) is 9.80 Å². The molecule has 0 unspecified atom stereocenters. The molecule has 1 aliphatic heterocycles. The molecule has 1 aliphatic rings. The summed E-state index contributed by atoms with van der Waals surface area (Å²) >= 11 is 0. The topological polar surface area (TPSA) is 49.9 Å². The van der Waals surface area contributed by atoms with Gasteiger partial charge in [0.2, 0.25) is 5.91 Å². The van der Waals surface area contributed by atoms with Crippen LogP contribution in [0.4, 0.5) is 0 Å². The molecule has 0 atom stereocenters. The van der Waals surface area contributed by atoms with E-state index in [2.05, 4.69) is 0 Å². The average molecular weight is 366 g/mol. The van der Waals surface area contributed by atoms with Gasteiger partial charge in [-0.15, -0.1) is 0 Å². The summed E-state index contributed by atoms with van der Waals surface area (Å²) in [6.07, 6.45) is 0.410. The Bertz CT molecular complexity index is 796. The highest BCUT2D eigenvalue weighted by Gasteiger charge is 2.25. The van der Waals surface area contributed by atoms with E-state index in [0.29, 0.717) is 44.8 Å². The van der Waals surface area contributed by atoms with Crippen molar-refractivity contribution in [3.05, 3.63) is 65.2 Å². The normalized spacial score (nSPS) is 14.1. The Kier molecular flexibility index (Phi) is 6.12. The molecule has 2 aromatic carbocycles. The zero-order chi connectivity index (χ0) is 19.2. The predicted molar refractivity (Wildman–Crippen MR) is 105 cm³/mol. The van der Waals surface area contributed by atoms with Crippen molar-refractivity contribution in [2.45, 2.75) is 20.3 Å². The van der Waals surface area contributed by atoms with Crippen molar-refractivity contribution in [3.8, 4) is 5.75 Å². The van der Waals surface area contributed by atoms with Crippen LogP contribution in [0.5, 0.6) is 5.75 Å². The largest absolute Gasteiger partial charge is 0.494 e. The van der Waals surface area contributed by atoms with E-state index < -0.39 is 0 Å². The summed E-state index contributed by atoms with van der Waals surface area (Å²) in [5.74, 6) is 0.937. The molecule has 0 saturated carbocycles. The van der Waals surface area contributed by atoms with E-state index in [1.165, 1.54) is 0 Å². The Hall–Kier alpha value is -2.82. The molecule has 0 spiro atoms. The smallest absolute Gasteiger partial charge is 0.253 e. The van der Waals surface area contributed by atoms with Crippen LogP contribution in [-0.4, -0.2) is 54.4 Å². The number of aryl methyl sites for hydroxylation is 1. The second-order valence-corrected chi connectivity index (χ2v) is 6.75. The number of ether oxygens (including phenoxy) is 1. The van der Waals surface area contributed by atoms with E-state index in [4.69, 9.17) is 4.74 Å². The van der Waals surface area contributed by atoms with E-state index in [9.17, 15) is 9.59 Å². The lowest BCUT2D eigenvalue weighted by Gasteiger charge is -2.35. The molecule has 5 nitrogen and oxygen atoms in total. The summed E-state index contributed by atoms with van der Waals surface area (Å²) in [7, 11) is 0.